The van der Waals surface area contributed by atoms with Crippen LogP contribution in [0, 0.1) is 13.8 Å². The van der Waals surface area contributed by atoms with E-state index in [1.165, 1.54) is 10.6 Å². The van der Waals surface area contributed by atoms with Crippen LogP contribution in [0.4, 0.5) is 0 Å². The molecule has 6 heteroatoms. The van der Waals surface area contributed by atoms with Crippen LogP contribution in [-0.4, -0.2) is 28.4 Å². The van der Waals surface area contributed by atoms with Gasteiger partial charge in [-0.05, 0) is 43.2 Å². The number of hydrogen-bond acceptors (Lipinski definition) is 4. The highest BCUT2D eigenvalue weighted by atomic mass is 16.5. The van der Waals surface area contributed by atoms with Gasteiger partial charge in [-0.25, -0.2) is 4.98 Å². The van der Waals surface area contributed by atoms with Crippen molar-refractivity contribution in [3.8, 4) is 5.75 Å². The highest BCUT2D eigenvalue weighted by molar-refractivity contribution is 5.93. The van der Waals surface area contributed by atoms with E-state index in [4.69, 9.17) is 4.74 Å². The van der Waals surface area contributed by atoms with Crippen molar-refractivity contribution in [2.45, 2.75) is 13.8 Å². The van der Waals surface area contributed by atoms with Gasteiger partial charge in [0.2, 0.25) is 0 Å². The van der Waals surface area contributed by atoms with Crippen molar-refractivity contribution in [3.63, 3.8) is 0 Å². The number of benzene rings is 1. The van der Waals surface area contributed by atoms with Crippen LogP contribution >= 0.6 is 0 Å². The molecule has 0 unspecified atom stereocenters. The third kappa shape index (κ3) is 3.85. The minimum absolute atomic E-state index is 0.0126. The van der Waals surface area contributed by atoms with Crippen molar-refractivity contribution >= 4 is 11.6 Å². The molecule has 2 heterocycles. The number of ether oxygens (including phenoxy) is 1. The Balaban J connectivity index is 1.64. The Morgan fingerprint density at radius 1 is 1.20 bits per heavy atom. The zero-order valence-corrected chi connectivity index (χ0v) is 14.2. The van der Waals surface area contributed by atoms with E-state index in [1.54, 1.807) is 12.3 Å². The summed E-state index contributed by atoms with van der Waals surface area (Å²) in [6.45, 7) is 4.47. The second kappa shape index (κ2) is 7.17. The molecule has 2 aromatic heterocycles. The maximum absolute atomic E-state index is 12.4. The lowest BCUT2D eigenvalue weighted by Crippen LogP contribution is -2.34. The van der Waals surface area contributed by atoms with E-state index in [-0.39, 0.29) is 11.1 Å². The number of nitrogens with one attached hydrogen (secondary N) is 1. The van der Waals surface area contributed by atoms with Crippen LogP contribution in [-0.2, 0) is 0 Å². The number of hydrogen-bond donors (Lipinski definition) is 1. The molecule has 0 spiro atoms. The van der Waals surface area contributed by atoms with E-state index in [0.717, 1.165) is 16.9 Å². The molecule has 0 radical (unpaired) electrons. The topological polar surface area (TPSA) is 72.7 Å². The van der Waals surface area contributed by atoms with Gasteiger partial charge < -0.3 is 10.1 Å². The zero-order chi connectivity index (χ0) is 17.8. The van der Waals surface area contributed by atoms with Gasteiger partial charge in [-0.3, -0.25) is 14.0 Å². The number of aromatic nitrogens is 2. The average Bonchev–Trinajstić information content (AvgIpc) is 2.59. The van der Waals surface area contributed by atoms with Crippen LogP contribution in [0.5, 0.6) is 5.75 Å². The lowest BCUT2D eigenvalue weighted by atomic mass is 10.2. The zero-order valence-electron chi connectivity index (χ0n) is 14.2. The molecule has 0 fully saturated rings. The van der Waals surface area contributed by atoms with Crippen LogP contribution in [0.2, 0.25) is 0 Å². The third-order valence-corrected chi connectivity index (χ3v) is 3.74. The molecule has 3 aromatic rings. The molecule has 6 nitrogen and oxygen atoms in total. The van der Waals surface area contributed by atoms with E-state index >= 15 is 0 Å². The number of amides is 1. The Hall–Kier alpha value is -3.15. The lowest BCUT2D eigenvalue weighted by molar-refractivity contribution is 0.0945. The van der Waals surface area contributed by atoms with Gasteiger partial charge in [0.25, 0.3) is 11.5 Å². The molecule has 0 saturated heterocycles. The molecule has 0 aliphatic heterocycles. The monoisotopic (exact) mass is 337 g/mol. The van der Waals surface area contributed by atoms with Crippen molar-refractivity contribution in [2.75, 3.05) is 13.2 Å². The molecule has 0 aliphatic rings. The quantitative estimate of drug-likeness (QED) is 0.724. The van der Waals surface area contributed by atoms with Crippen molar-refractivity contribution < 1.29 is 9.53 Å². The molecule has 0 aliphatic carbocycles. The van der Waals surface area contributed by atoms with E-state index < -0.39 is 5.91 Å². The molecule has 1 N–H and O–H groups in total. The molecule has 0 bridgehead atoms. The second-order valence-electron chi connectivity index (χ2n) is 5.83. The van der Waals surface area contributed by atoms with E-state index in [0.29, 0.717) is 18.8 Å². The Morgan fingerprint density at radius 2 is 2.04 bits per heavy atom. The lowest BCUT2D eigenvalue weighted by Gasteiger charge is -2.09. The van der Waals surface area contributed by atoms with E-state index in [1.807, 2.05) is 44.2 Å². The highest BCUT2D eigenvalue weighted by Gasteiger charge is 2.12. The predicted octanol–water partition coefficient (Wildman–Crippen LogP) is 2.12. The Kier molecular flexibility index (Phi) is 4.79. The maximum Gasteiger partial charge on any atom is 0.270 e. The van der Waals surface area contributed by atoms with Gasteiger partial charge in [-0.1, -0.05) is 18.2 Å². The average molecular weight is 337 g/mol. The smallest absolute Gasteiger partial charge is 0.270 e. The summed E-state index contributed by atoms with van der Waals surface area (Å²) in [5.74, 6) is 0.290. The van der Waals surface area contributed by atoms with Crippen LogP contribution in [0.15, 0.2) is 53.6 Å². The van der Waals surface area contributed by atoms with Crippen LogP contribution in [0.3, 0.4) is 0 Å². The fourth-order valence-electron chi connectivity index (χ4n) is 2.47. The van der Waals surface area contributed by atoms with Gasteiger partial charge in [0.05, 0.1) is 6.54 Å². The van der Waals surface area contributed by atoms with Gasteiger partial charge >= 0.3 is 0 Å². The molecular formula is C19H19N3O3. The fourth-order valence-corrected chi connectivity index (χ4v) is 2.47. The van der Waals surface area contributed by atoms with E-state index in [2.05, 4.69) is 10.3 Å². The summed E-state index contributed by atoms with van der Waals surface area (Å²) in [6.07, 6.45) is 2.98. The number of rotatable bonds is 5. The number of fused-ring (bicyclic) bond motifs is 1. The first-order chi connectivity index (χ1) is 12.0. The van der Waals surface area contributed by atoms with Gasteiger partial charge in [-0.15, -0.1) is 0 Å². The predicted molar refractivity (Wildman–Crippen MR) is 95.2 cm³/mol. The number of carbonyl (C=O) groups excluding carboxylic acids is 1. The van der Waals surface area contributed by atoms with Crippen molar-refractivity contribution in [3.05, 3.63) is 75.8 Å². The number of carbonyl (C=O) groups is 1. The first-order valence-electron chi connectivity index (χ1n) is 8.00. The van der Waals surface area contributed by atoms with E-state index in [9.17, 15) is 9.59 Å². The van der Waals surface area contributed by atoms with Gasteiger partial charge in [0.1, 0.15) is 23.6 Å². The summed E-state index contributed by atoms with van der Waals surface area (Å²) in [4.78, 5) is 28.8. The number of pyridine rings is 1. The van der Waals surface area contributed by atoms with Gasteiger partial charge in [0.15, 0.2) is 0 Å². The normalized spacial score (nSPS) is 10.6. The molecule has 0 atom stereocenters. The Morgan fingerprint density at radius 3 is 2.84 bits per heavy atom. The minimum Gasteiger partial charge on any atom is -0.492 e. The summed E-state index contributed by atoms with van der Waals surface area (Å²) in [5.41, 5.74) is 2.16. The van der Waals surface area contributed by atoms with Crippen molar-refractivity contribution in [1.29, 1.82) is 0 Å². The summed E-state index contributed by atoms with van der Waals surface area (Å²) >= 11 is 0. The van der Waals surface area contributed by atoms with Gasteiger partial charge in [-0.2, -0.15) is 0 Å². The SMILES string of the molecule is Cc1cccc(OCCNC(=O)c2cnc3ccc(C)cn3c2=O)c1. The Bertz CT molecular complexity index is 979. The number of nitrogens with zero attached hydrogens (tertiary/aromatic N) is 2. The first kappa shape index (κ1) is 16.7. The molecular weight excluding hydrogens is 318 g/mol. The van der Waals surface area contributed by atoms with Crippen LogP contribution in [0.25, 0.3) is 5.65 Å². The summed E-state index contributed by atoms with van der Waals surface area (Å²) in [6, 6.07) is 11.3. The molecule has 0 saturated carbocycles. The minimum atomic E-state index is -0.457. The largest absolute Gasteiger partial charge is 0.492 e. The fraction of sp³-hybridized carbons (Fsp3) is 0.211. The van der Waals surface area contributed by atoms with Crippen molar-refractivity contribution in [1.82, 2.24) is 14.7 Å². The molecule has 128 valence electrons. The second-order valence-corrected chi connectivity index (χ2v) is 5.83. The van der Waals surface area contributed by atoms with Crippen LogP contribution < -0.4 is 15.6 Å². The molecule has 1 amide bonds. The summed E-state index contributed by atoms with van der Waals surface area (Å²) in [5, 5.41) is 2.69. The maximum atomic E-state index is 12.4. The highest BCUT2D eigenvalue weighted by Crippen LogP contribution is 2.11. The molecule has 1 aromatic carbocycles. The molecule has 3 rings (SSSR count). The third-order valence-electron chi connectivity index (χ3n) is 3.74. The van der Waals surface area contributed by atoms with Crippen molar-refractivity contribution in [2.24, 2.45) is 0 Å². The number of aryl methyl sites for hydroxylation is 2. The van der Waals surface area contributed by atoms with Crippen LogP contribution in [0.1, 0.15) is 21.5 Å². The summed E-state index contributed by atoms with van der Waals surface area (Å²) < 4.78 is 6.96. The standard InChI is InChI=1S/C19H19N3O3/c1-13-4-3-5-15(10-13)25-9-8-20-18(23)16-11-21-17-7-6-14(2)12-22(17)19(16)24/h3-7,10-12H,8-9H2,1-2H3,(H,20,23). The summed E-state index contributed by atoms with van der Waals surface area (Å²) in [7, 11) is 0. The van der Waals surface area contributed by atoms with Gasteiger partial charge in [0, 0.05) is 12.4 Å². The first-order valence-corrected chi connectivity index (χ1v) is 8.00. The molecule has 25 heavy (non-hydrogen) atoms. The Labute approximate surface area is 145 Å².